The van der Waals surface area contributed by atoms with Gasteiger partial charge < -0.3 is 4.42 Å². The maximum absolute atomic E-state index is 5.28. The van der Waals surface area contributed by atoms with Gasteiger partial charge in [-0.1, -0.05) is 12.1 Å². The number of rotatable bonds is 0. The van der Waals surface area contributed by atoms with E-state index in [1.165, 1.54) is 11.1 Å². The molecule has 0 aromatic carbocycles. The smallest absolute Gasteiger partial charge is 0.136 e. The maximum Gasteiger partial charge on any atom is 0.136 e. The van der Waals surface area contributed by atoms with Gasteiger partial charge in [0.1, 0.15) is 5.76 Å². The minimum absolute atomic E-state index is 1.00. The van der Waals surface area contributed by atoms with E-state index in [-0.39, 0.29) is 0 Å². The zero-order chi connectivity index (χ0) is 6.97. The lowest BCUT2D eigenvalue weighted by atomic mass is 10.2. The van der Waals surface area contributed by atoms with Crippen molar-refractivity contribution < 1.29 is 4.42 Å². The normalized spacial score (nSPS) is 10.5. The molecular formula is C9H8O. The standard InChI is InChI=1S/C9H8O/c1-7-4-5-8-3-2-6-10-9(7)8/h2-6H,1H3. The summed E-state index contributed by atoms with van der Waals surface area (Å²) in [5, 5.41) is 0. The molecule has 0 aromatic heterocycles. The molecule has 1 aliphatic carbocycles. The molecule has 50 valence electrons. The van der Waals surface area contributed by atoms with Crippen molar-refractivity contribution >= 4 is 0 Å². The quantitative estimate of drug-likeness (QED) is 0.537. The molecule has 0 saturated carbocycles. The molecule has 10 heavy (non-hydrogen) atoms. The fourth-order valence-corrected chi connectivity index (χ4v) is 1.14. The SMILES string of the molecule is Cc1ccc2cccoc1-2. The van der Waals surface area contributed by atoms with E-state index < -0.39 is 0 Å². The molecule has 0 aromatic rings. The summed E-state index contributed by atoms with van der Waals surface area (Å²) in [6.45, 7) is 2.05. The van der Waals surface area contributed by atoms with E-state index in [4.69, 9.17) is 4.42 Å². The van der Waals surface area contributed by atoms with Crippen molar-refractivity contribution in [1.82, 2.24) is 0 Å². The van der Waals surface area contributed by atoms with Gasteiger partial charge >= 0.3 is 0 Å². The van der Waals surface area contributed by atoms with E-state index in [1.54, 1.807) is 6.26 Å². The fourth-order valence-electron chi connectivity index (χ4n) is 1.14. The highest BCUT2D eigenvalue weighted by Crippen LogP contribution is 2.25. The number of aryl methyl sites for hydroxylation is 1. The molecule has 0 fully saturated rings. The molecule has 2 rings (SSSR count). The molecule has 0 amide bonds. The molecule has 1 heterocycles. The van der Waals surface area contributed by atoms with Gasteiger partial charge in [0.25, 0.3) is 0 Å². The van der Waals surface area contributed by atoms with Gasteiger partial charge in [0.2, 0.25) is 0 Å². The van der Waals surface area contributed by atoms with Gasteiger partial charge in [-0.05, 0) is 24.6 Å². The first-order valence-corrected chi connectivity index (χ1v) is 3.31. The Bertz CT molecular complexity index is 309. The number of fused-ring (bicyclic) bond motifs is 1. The number of hydrogen-bond donors (Lipinski definition) is 0. The van der Waals surface area contributed by atoms with Gasteiger partial charge in [0.05, 0.1) is 6.26 Å². The van der Waals surface area contributed by atoms with Crippen LogP contribution in [0.15, 0.2) is 34.9 Å². The van der Waals surface area contributed by atoms with E-state index in [2.05, 4.69) is 12.1 Å². The summed E-state index contributed by atoms with van der Waals surface area (Å²) in [7, 11) is 0. The highest BCUT2D eigenvalue weighted by molar-refractivity contribution is 5.63. The van der Waals surface area contributed by atoms with Crippen LogP contribution in [0.2, 0.25) is 0 Å². The van der Waals surface area contributed by atoms with Crippen LogP contribution in [0.3, 0.4) is 0 Å². The zero-order valence-corrected chi connectivity index (χ0v) is 5.79. The van der Waals surface area contributed by atoms with E-state index >= 15 is 0 Å². The van der Waals surface area contributed by atoms with Crippen molar-refractivity contribution in [2.24, 2.45) is 0 Å². The van der Waals surface area contributed by atoms with Crippen molar-refractivity contribution in [3.8, 4) is 11.3 Å². The highest BCUT2D eigenvalue weighted by Gasteiger charge is 2.05. The Morgan fingerprint density at radius 3 is 2.90 bits per heavy atom. The Balaban J connectivity index is 2.78. The molecule has 2 aliphatic rings. The molecule has 1 aliphatic heterocycles. The Morgan fingerprint density at radius 1 is 1.20 bits per heavy atom. The Hall–Kier alpha value is -1.24. The topological polar surface area (TPSA) is 13.1 Å². The molecule has 0 atom stereocenters. The van der Waals surface area contributed by atoms with Crippen LogP contribution in [-0.4, -0.2) is 0 Å². The monoisotopic (exact) mass is 132 g/mol. The molecular weight excluding hydrogens is 124 g/mol. The molecule has 0 radical (unpaired) electrons. The summed E-state index contributed by atoms with van der Waals surface area (Å²) >= 11 is 0. The van der Waals surface area contributed by atoms with Crippen LogP contribution in [0.25, 0.3) is 11.3 Å². The maximum atomic E-state index is 5.28. The van der Waals surface area contributed by atoms with Crippen molar-refractivity contribution in [2.75, 3.05) is 0 Å². The lowest BCUT2D eigenvalue weighted by molar-refractivity contribution is 0.564. The van der Waals surface area contributed by atoms with Crippen LogP contribution in [0.1, 0.15) is 5.56 Å². The van der Waals surface area contributed by atoms with Crippen molar-refractivity contribution in [3.05, 3.63) is 36.1 Å². The molecule has 1 heteroatoms. The predicted octanol–water partition coefficient (Wildman–Crippen LogP) is 2.69. The van der Waals surface area contributed by atoms with Crippen molar-refractivity contribution in [3.63, 3.8) is 0 Å². The highest BCUT2D eigenvalue weighted by atomic mass is 16.3. The van der Waals surface area contributed by atoms with Crippen LogP contribution in [-0.2, 0) is 0 Å². The molecule has 0 spiro atoms. The summed E-state index contributed by atoms with van der Waals surface area (Å²) in [5.74, 6) is 1.00. The minimum atomic E-state index is 1.00. The summed E-state index contributed by atoms with van der Waals surface area (Å²) in [6, 6.07) is 8.08. The third kappa shape index (κ3) is 0.637. The van der Waals surface area contributed by atoms with Crippen LogP contribution in [0, 0.1) is 6.92 Å². The average Bonchev–Trinajstić information content (AvgIpc) is 2.34. The second-order valence-electron chi connectivity index (χ2n) is 2.41. The molecule has 0 saturated heterocycles. The average molecular weight is 132 g/mol. The van der Waals surface area contributed by atoms with Crippen molar-refractivity contribution in [1.29, 1.82) is 0 Å². The summed E-state index contributed by atoms with van der Waals surface area (Å²) in [6.07, 6.45) is 1.70. The third-order valence-electron chi connectivity index (χ3n) is 1.67. The molecule has 0 bridgehead atoms. The van der Waals surface area contributed by atoms with Crippen LogP contribution in [0.4, 0.5) is 0 Å². The molecule has 0 unspecified atom stereocenters. The van der Waals surface area contributed by atoms with E-state index in [0.717, 1.165) is 5.76 Å². The second kappa shape index (κ2) is 1.87. The fraction of sp³-hybridized carbons (Fsp3) is 0.111. The summed E-state index contributed by atoms with van der Waals surface area (Å²) in [5.41, 5.74) is 2.38. The lowest BCUT2D eigenvalue weighted by Gasteiger charge is -1.95. The Kier molecular flexibility index (Phi) is 1.04. The first-order chi connectivity index (χ1) is 4.88. The summed E-state index contributed by atoms with van der Waals surface area (Å²) in [4.78, 5) is 0. The third-order valence-corrected chi connectivity index (χ3v) is 1.67. The van der Waals surface area contributed by atoms with E-state index in [1.807, 2.05) is 19.1 Å². The second-order valence-corrected chi connectivity index (χ2v) is 2.41. The van der Waals surface area contributed by atoms with Crippen LogP contribution < -0.4 is 0 Å². The Labute approximate surface area is 59.6 Å². The predicted molar refractivity (Wildman–Crippen MR) is 40.1 cm³/mol. The first-order valence-electron chi connectivity index (χ1n) is 3.31. The lowest BCUT2D eigenvalue weighted by Crippen LogP contribution is -1.72. The number of hydrogen-bond acceptors (Lipinski definition) is 1. The van der Waals surface area contributed by atoms with E-state index in [0.29, 0.717) is 0 Å². The van der Waals surface area contributed by atoms with Crippen molar-refractivity contribution in [2.45, 2.75) is 6.92 Å². The van der Waals surface area contributed by atoms with Gasteiger partial charge in [0, 0.05) is 5.56 Å². The molecule has 1 nitrogen and oxygen atoms in total. The largest absolute Gasteiger partial charge is 0.464 e. The van der Waals surface area contributed by atoms with Gasteiger partial charge in [-0.3, -0.25) is 0 Å². The first kappa shape index (κ1) is 5.54. The van der Waals surface area contributed by atoms with Crippen LogP contribution in [0.5, 0.6) is 0 Å². The van der Waals surface area contributed by atoms with Gasteiger partial charge in [-0.15, -0.1) is 0 Å². The van der Waals surface area contributed by atoms with Gasteiger partial charge in [-0.25, -0.2) is 0 Å². The zero-order valence-electron chi connectivity index (χ0n) is 5.79. The Morgan fingerprint density at radius 2 is 2.10 bits per heavy atom. The summed E-state index contributed by atoms with van der Waals surface area (Å²) < 4.78 is 5.28. The van der Waals surface area contributed by atoms with E-state index in [9.17, 15) is 0 Å². The molecule has 0 N–H and O–H groups in total. The van der Waals surface area contributed by atoms with Crippen LogP contribution >= 0.6 is 0 Å². The van der Waals surface area contributed by atoms with Gasteiger partial charge in [-0.2, -0.15) is 0 Å². The van der Waals surface area contributed by atoms with Gasteiger partial charge in [0.15, 0.2) is 0 Å². The minimum Gasteiger partial charge on any atom is -0.464 e.